The van der Waals surface area contributed by atoms with Crippen LogP contribution in [-0.4, -0.2) is 0 Å². The molecule has 0 aromatic heterocycles. The predicted molar refractivity (Wildman–Crippen MR) is 144 cm³/mol. The van der Waals surface area contributed by atoms with Gasteiger partial charge in [-0.3, -0.25) is 0 Å². The molecule has 0 aliphatic heterocycles. The van der Waals surface area contributed by atoms with E-state index < -0.39 is 0 Å². The van der Waals surface area contributed by atoms with Crippen molar-refractivity contribution in [2.24, 2.45) is 0 Å². The fourth-order valence-electron chi connectivity index (χ4n) is 4.08. The highest BCUT2D eigenvalue weighted by molar-refractivity contribution is 6.05. The lowest BCUT2D eigenvalue weighted by Gasteiger charge is -2.19. The van der Waals surface area contributed by atoms with E-state index in [0.29, 0.717) is 0 Å². The SMILES string of the molecule is C=C/C=C(C=C)/C(=C(/c1ccccc1)c1ccc(-c2ccc(C)cc2)cc1)c1ccccc1. The van der Waals surface area contributed by atoms with E-state index in [1.807, 2.05) is 24.3 Å². The third-order valence-electron chi connectivity index (χ3n) is 5.74. The molecule has 0 bridgehead atoms. The summed E-state index contributed by atoms with van der Waals surface area (Å²) < 4.78 is 0. The fraction of sp³-hybridized carbons (Fsp3) is 0.0303. The van der Waals surface area contributed by atoms with Crippen LogP contribution in [-0.2, 0) is 0 Å². The van der Waals surface area contributed by atoms with Crippen LogP contribution < -0.4 is 0 Å². The largest absolute Gasteiger partial charge is 0.0990 e. The number of allylic oxidation sites excluding steroid dienone is 5. The lowest BCUT2D eigenvalue weighted by atomic mass is 9.85. The first-order valence-corrected chi connectivity index (χ1v) is 11.2. The standard InChI is InChI=1S/C33H28/c1-4-12-26(5-2)32(29-13-8-6-9-14-29)33(30-15-10-7-11-16-30)31-23-21-28(22-24-31)27-19-17-25(3)18-20-27/h4-24H,1-2H2,3H3/b26-12+,33-32+. The Morgan fingerprint density at radius 1 is 0.576 bits per heavy atom. The lowest BCUT2D eigenvalue weighted by Crippen LogP contribution is -1.97. The van der Waals surface area contributed by atoms with Crippen LogP contribution in [0.5, 0.6) is 0 Å². The topological polar surface area (TPSA) is 0 Å². The summed E-state index contributed by atoms with van der Waals surface area (Å²) in [6.07, 6.45) is 5.76. The van der Waals surface area contributed by atoms with E-state index in [9.17, 15) is 0 Å². The monoisotopic (exact) mass is 424 g/mol. The summed E-state index contributed by atoms with van der Waals surface area (Å²) >= 11 is 0. The molecular weight excluding hydrogens is 396 g/mol. The van der Waals surface area contributed by atoms with E-state index in [1.165, 1.54) is 22.3 Å². The Hall–Kier alpha value is -4.16. The number of hydrogen-bond donors (Lipinski definition) is 0. The molecule has 0 N–H and O–H groups in total. The number of benzene rings is 4. The van der Waals surface area contributed by atoms with E-state index in [0.717, 1.165) is 27.8 Å². The molecule has 0 fully saturated rings. The molecule has 0 heteroatoms. The van der Waals surface area contributed by atoms with Crippen LogP contribution >= 0.6 is 0 Å². The van der Waals surface area contributed by atoms with E-state index in [4.69, 9.17) is 0 Å². The molecule has 160 valence electrons. The minimum atomic E-state index is 1.04. The molecule has 0 spiro atoms. The molecule has 0 aliphatic carbocycles. The van der Waals surface area contributed by atoms with Crippen molar-refractivity contribution in [2.75, 3.05) is 0 Å². The Morgan fingerprint density at radius 2 is 1.06 bits per heavy atom. The Balaban J connectivity index is 1.96. The van der Waals surface area contributed by atoms with Crippen LogP contribution in [0.1, 0.15) is 22.3 Å². The maximum absolute atomic E-state index is 4.11. The highest BCUT2D eigenvalue weighted by atomic mass is 14.2. The van der Waals surface area contributed by atoms with Crippen LogP contribution in [0.25, 0.3) is 22.3 Å². The quantitative estimate of drug-likeness (QED) is 0.205. The third-order valence-corrected chi connectivity index (χ3v) is 5.74. The Morgan fingerprint density at radius 3 is 1.58 bits per heavy atom. The molecule has 0 aliphatic rings. The van der Waals surface area contributed by atoms with Crippen molar-refractivity contribution in [3.8, 4) is 11.1 Å². The van der Waals surface area contributed by atoms with Crippen molar-refractivity contribution in [3.05, 3.63) is 168 Å². The molecule has 0 heterocycles. The molecule has 0 unspecified atom stereocenters. The summed E-state index contributed by atoms with van der Waals surface area (Å²) in [5.41, 5.74) is 10.5. The van der Waals surface area contributed by atoms with Gasteiger partial charge in [-0.1, -0.05) is 146 Å². The summed E-state index contributed by atoms with van der Waals surface area (Å²) in [6.45, 7) is 10.2. The van der Waals surface area contributed by atoms with E-state index in [1.54, 1.807) is 0 Å². The van der Waals surface area contributed by atoms with Gasteiger partial charge < -0.3 is 0 Å². The number of aryl methyl sites for hydroxylation is 1. The maximum atomic E-state index is 4.11. The molecular formula is C33H28. The lowest BCUT2D eigenvalue weighted by molar-refractivity contribution is 1.46. The summed E-state index contributed by atoms with van der Waals surface area (Å²) in [4.78, 5) is 0. The average molecular weight is 425 g/mol. The zero-order chi connectivity index (χ0) is 23.0. The maximum Gasteiger partial charge on any atom is -0.00268 e. The van der Waals surface area contributed by atoms with Crippen LogP contribution in [0.4, 0.5) is 0 Å². The first kappa shape index (κ1) is 22.0. The zero-order valence-corrected chi connectivity index (χ0v) is 19.0. The molecule has 4 aromatic carbocycles. The molecule has 33 heavy (non-hydrogen) atoms. The molecule has 0 saturated carbocycles. The first-order chi connectivity index (χ1) is 16.2. The summed E-state index contributed by atoms with van der Waals surface area (Å²) in [5, 5.41) is 0. The smallest absolute Gasteiger partial charge is 0.00268 e. The molecule has 0 radical (unpaired) electrons. The van der Waals surface area contributed by atoms with Gasteiger partial charge >= 0.3 is 0 Å². The van der Waals surface area contributed by atoms with Crippen LogP contribution in [0.15, 0.2) is 146 Å². The average Bonchev–Trinajstić information content (AvgIpc) is 2.88. The van der Waals surface area contributed by atoms with Crippen molar-refractivity contribution >= 4 is 11.1 Å². The number of rotatable bonds is 7. The van der Waals surface area contributed by atoms with Crippen molar-refractivity contribution < 1.29 is 0 Å². The van der Waals surface area contributed by atoms with Gasteiger partial charge in [-0.15, -0.1) is 0 Å². The number of hydrogen-bond acceptors (Lipinski definition) is 0. The van der Waals surface area contributed by atoms with Gasteiger partial charge in [0.2, 0.25) is 0 Å². The van der Waals surface area contributed by atoms with E-state index >= 15 is 0 Å². The van der Waals surface area contributed by atoms with Crippen molar-refractivity contribution in [3.63, 3.8) is 0 Å². The second-order valence-corrected chi connectivity index (χ2v) is 7.99. The summed E-state index contributed by atoms with van der Waals surface area (Å²) in [6, 6.07) is 38.6. The molecule has 0 nitrogen and oxygen atoms in total. The molecule has 0 saturated heterocycles. The predicted octanol–water partition coefficient (Wildman–Crippen LogP) is 8.92. The Labute approximate surface area is 197 Å². The molecule has 4 aromatic rings. The first-order valence-electron chi connectivity index (χ1n) is 11.2. The fourth-order valence-corrected chi connectivity index (χ4v) is 4.08. The summed E-state index contributed by atoms with van der Waals surface area (Å²) in [5.74, 6) is 0. The van der Waals surface area contributed by atoms with Gasteiger partial charge in [0.05, 0.1) is 0 Å². The van der Waals surface area contributed by atoms with Crippen LogP contribution in [0.2, 0.25) is 0 Å². The van der Waals surface area contributed by atoms with Gasteiger partial charge in [-0.25, -0.2) is 0 Å². The van der Waals surface area contributed by atoms with Gasteiger partial charge in [-0.05, 0) is 51.5 Å². The van der Waals surface area contributed by atoms with Gasteiger partial charge in [0.15, 0.2) is 0 Å². The normalized spacial score (nSPS) is 12.1. The minimum absolute atomic E-state index is 1.04. The molecule has 4 rings (SSSR count). The van der Waals surface area contributed by atoms with E-state index in [2.05, 4.69) is 123 Å². The highest BCUT2D eigenvalue weighted by Gasteiger charge is 2.16. The van der Waals surface area contributed by atoms with Gasteiger partial charge in [0, 0.05) is 0 Å². The Kier molecular flexibility index (Phi) is 6.97. The van der Waals surface area contributed by atoms with E-state index in [-0.39, 0.29) is 0 Å². The van der Waals surface area contributed by atoms with Crippen molar-refractivity contribution in [1.82, 2.24) is 0 Å². The van der Waals surface area contributed by atoms with Gasteiger partial charge in [0.1, 0.15) is 0 Å². The second-order valence-electron chi connectivity index (χ2n) is 7.99. The Bertz CT molecular complexity index is 1280. The van der Waals surface area contributed by atoms with Gasteiger partial charge in [0.25, 0.3) is 0 Å². The minimum Gasteiger partial charge on any atom is -0.0990 e. The third kappa shape index (κ3) is 5.02. The van der Waals surface area contributed by atoms with Crippen LogP contribution in [0, 0.1) is 6.92 Å². The summed E-state index contributed by atoms with van der Waals surface area (Å²) in [7, 11) is 0. The second kappa shape index (κ2) is 10.4. The van der Waals surface area contributed by atoms with Crippen LogP contribution in [0.3, 0.4) is 0 Å². The highest BCUT2D eigenvalue weighted by Crippen LogP contribution is 2.38. The zero-order valence-electron chi connectivity index (χ0n) is 19.0. The van der Waals surface area contributed by atoms with Crippen molar-refractivity contribution in [1.29, 1.82) is 0 Å². The molecule has 0 amide bonds. The van der Waals surface area contributed by atoms with Crippen molar-refractivity contribution in [2.45, 2.75) is 6.92 Å². The van der Waals surface area contributed by atoms with Gasteiger partial charge in [-0.2, -0.15) is 0 Å². The molecule has 0 atom stereocenters.